The fraction of sp³-hybridized carbons (Fsp3) is 0.529. The second-order valence-electron chi connectivity index (χ2n) is 6.05. The first kappa shape index (κ1) is 16.5. The van der Waals surface area contributed by atoms with E-state index in [1.807, 2.05) is 13.8 Å². The molecule has 0 unspecified atom stereocenters. The number of nitrogens with one attached hydrogen (secondary N) is 2. The van der Waals surface area contributed by atoms with Crippen LogP contribution in [0.5, 0.6) is 0 Å². The number of amides is 2. The van der Waals surface area contributed by atoms with E-state index < -0.39 is 5.60 Å². The maximum absolute atomic E-state index is 12.1. The fourth-order valence-electron chi connectivity index (χ4n) is 2.91. The highest BCUT2D eigenvalue weighted by molar-refractivity contribution is 5.96. The average Bonchev–Trinajstić information content (AvgIpc) is 2.87. The van der Waals surface area contributed by atoms with E-state index in [0.717, 1.165) is 18.4 Å². The molecule has 2 rings (SSSR count). The quantitative estimate of drug-likeness (QED) is 0.781. The zero-order valence-electron chi connectivity index (χ0n) is 13.2. The van der Waals surface area contributed by atoms with Crippen LogP contribution in [0, 0.1) is 6.92 Å². The van der Waals surface area contributed by atoms with Crippen LogP contribution in [0.25, 0.3) is 0 Å². The van der Waals surface area contributed by atoms with Crippen LogP contribution in [0.1, 0.15) is 54.9 Å². The number of rotatable bonds is 5. The summed E-state index contributed by atoms with van der Waals surface area (Å²) in [7, 11) is 0. The first-order valence-corrected chi connectivity index (χ1v) is 7.84. The summed E-state index contributed by atoms with van der Waals surface area (Å²) in [5, 5.41) is 15.8. The Morgan fingerprint density at radius 3 is 2.55 bits per heavy atom. The van der Waals surface area contributed by atoms with Gasteiger partial charge in [0, 0.05) is 17.8 Å². The lowest BCUT2D eigenvalue weighted by atomic mass is 9.97. The molecule has 0 radical (unpaired) electrons. The number of hydrogen-bond acceptors (Lipinski definition) is 3. The lowest BCUT2D eigenvalue weighted by Gasteiger charge is -2.21. The Bertz CT molecular complexity index is 563. The van der Waals surface area contributed by atoms with Crippen LogP contribution >= 0.6 is 0 Å². The van der Waals surface area contributed by atoms with E-state index in [9.17, 15) is 14.7 Å². The van der Waals surface area contributed by atoms with Crippen molar-refractivity contribution in [3.05, 3.63) is 29.3 Å². The van der Waals surface area contributed by atoms with Crippen molar-refractivity contribution in [3.8, 4) is 0 Å². The Hall–Kier alpha value is -1.88. The summed E-state index contributed by atoms with van der Waals surface area (Å²) in [6.45, 7) is 4.30. The molecule has 0 spiro atoms. The van der Waals surface area contributed by atoms with Gasteiger partial charge in [0.2, 0.25) is 5.91 Å². The van der Waals surface area contributed by atoms with E-state index >= 15 is 0 Å². The van der Waals surface area contributed by atoms with Crippen molar-refractivity contribution >= 4 is 17.5 Å². The molecule has 5 heteroatoms. The molecule has 0 aromatic heterocycles. The third-order valence-corrected chi connectivity index (χ3v) is 4.12. The third-order valence-electron chi connectivity index (χ3n) is 4.12. The molecular weight excluding hydrogens is 280 g/mol. The largest absolute Gasteiger partial charge is 0.389 e. The van der Waals surface area contributed by atoms with Gasteiger partial charge in [-0.2, -0.15) is 0 Å². The van der Waals surface area contributed by atoms with Gasteiger partial charge in [0.25, 0.3) is 5.91 Å². The number of hydrogen-bond donors (Lipinski definition) is 3. The van der Waals surface area contributed by atoms with Crippen LogP contribution in [0.15, 0.2) is 18.2 Å². The van der Waals surface area contributed by atoms with E-state index in [1.54, 1.807) is 18.2 Å². The van der Waals surface area contributed by atoms with Gasteiger partial charge in [0.15, 0.2) is 0 Å². The fourth-order valence-corrected chi connectivity index (χ4v) is 2.91. The Balaban J connectivity index is 2.00. The van der Waals surface area contributed by atoms with E-state index in [1.165, 1.54) is 0 Å². The van der Waals surface area contributed by atoms with Crippen molar-refractivity contribution in [1.82, 2.24) is 5.32 Å². The SMILES string of the molecule is CCNC(=O)c1ccc(NC(=O)CC2(O)CCCC2)c(C)c1. The summed E-state index contributed by atoms with van der Waals surface area (Å²) < 4.78 is 0. The molecule has 5 nitrogen and oxygen atoms in total. The van der Waals surface area contributed by atoms with Gasteiger partial charge in [-0.3, -0.25) is 9.59 Å². The molecule has 0 aliphatic heterocycles. The minimum Gasteiger partial charge on any atom is -0.389 e. The van der Waals surface area contributed by atoms with Gasteiger partial charge in [-0.05, 0) is 50.5 Å². The van der Waals surface area contributed by atoms with Crippen LogP contribution in [0.3, 0.4) is 0 Å². The van der Waals surface area contributed by atoms with Gasteiger partial charge in [-0.25, -0.2) is 0 Å². The molecular formula is C17H24N2O3. The maximum atomic E-state index is 12.1. The highest BCUT2D eigenvalue weighted by Gasteiger charge is 2.33. The first-order chi connectivity index (χ1) is 10.4. The molecule has 1 aliphatic rings. The molecule has 2 amide bonds. The van der Waals surface area contributed by atoms with Crippen molar-refractivity contribution < 1.29 is 14.7 Å². The van der Waals surface area contributed by atoms with Gasteiger partial charge in [0.05, 0.1) is 12.0 Å². The summed E-state index contributed by atoms with van der Waals surface area (Å²) in [4.78, 5) is 23.9. The smallest absolute Gasteiger partial charge is 0.251 e. The van der Waals surface area contributed by atoms with Gasteiger partial charge < -0.3 is 15.7 Å². The lowest BCUT2D eigenvalue weighted by molar-refractivity contribution is -0.120. The van der Waals surface area contributed by atoms with Crippen molar-refractivity contribution in [2.24, 2.45) is 0 Å². The van der Waals surface area contributed by atoms with Crippen molar-refractivity contribution in [2.45, 2.75) is 51.6 Å². The summed E-state index contributed by atoms with van der Waals surface area (Å²) in [5.41, 5.74) is 1.24. The standard InChI is InChI=1S/C17H24N2O3/c1-3-18-16(21)13-6-7-14(12(2)10-13)19-15(20)11-17(22)8-4-5-9-17/h6-7,10,22H,3-5,8-9,11H2,1-2H3,(H,18,21)(H,19,20). The van der Waals surface area contributed by atoms with Gasteiger partial charge in [-0.15, -0.1) is 0 Å². The molecule has 1 saturated carbocycles. The van der Waals surface area contributed by atoms with Crippen molar-refractivity contribution in [2.75, 3.05) is 11.9 Å². The molecule has 0 heterocycles. The van der Waals surface area contributed by atoms with E-state index in [4.69, 9.17) is 0 Å². The summed E-state index contributed by atoms with van der Waals surface area (Å²) in [5.74, 6) is -0.304. The van der Waals surface area contributed by atoms with Crippen molar-refractivity contribution in [1.29, 1.82) is 0 Å². The molecule has 0 saturated heterocycles. The average molecular weight is 304 g/mol. The van der Waals surface area contributed by atoms with Crippen LogP contribution in [0.2, 0.25) is 0 Å². The minimum atomic E-state index is -0.848. The summed E-state index contributed by atoms with van der Waals surface area (Å²) >= 11 is 0. The topological polar surface area (TPSA) is 78.4 Å². The molecule has 1 aromatic carbocycles. The Morgan fingerprint density at radius 2 is 1.95 bits per heavy atom. The van der Waals surface area contributed by atoms with Crippen LogP contribution < -0.4 is 10.6 Å². The van der Waals surface area contributed by atoms with Gasteiger partial charge in [-0.1, -0.05) is 12.8 Å². The molecule has 120 valence electrons. The third kappa shape index (κ3) is 4.07. The molecule has 3 N–H and O–H groups in total. The monoisotopic (exact) mass is 304 g/mol. The lowest BCUT2D eigenvalue weighted by Crippen LogP contribution is -2.31. The number of benzene rings is 1. The second kappa shape index (κ2) is 6.92. The van der Waals surface area contributed by atoms with Crippen LogP contribution in [0.4, 0.5) is 5.69 Å². The predicted molar refractivity (Wildman–Crippen MR) is 85.9 cm³/mol. The van der Waals surface area contributed by atoms with Crippen molar-refractivity contribution in [3.63, 3.8) is 0 Å². The molecule has 0 bridgehead atoms. The van der Waals surface area contributed by atoms with Gasteiger partial charge in [0.1, 0.15) is 0 Å². The summed E-state index contributed by atoms with van der Waals surface area (Å²) in [6.07, 6.45) is 3.46. The number of aryl methyl sites for hydroxylation is 1. The maximum Gasteiger partial charge on any atom is 0.251 e. The number of aliphatic hydroxyl groups is 1. The zero-order valence-corrected chi connectivity index (χ0v) is 13.2. The van der Waals surface area contributed by atoms with E-state index in [2.05, 4.69) is 10.6 Å². The molecule has 1 aliphatic carbocycles. The minimum absolute atomic E-state index is 0.122. The Labute approximate surface area is 131 Å². The predicted octanol–water partition coefficient (Wildman–Crippen LogP) is 2.38. The molecule has 0 atom stereocenters. The van der Waals surface area contributed by atoms with Crippen LogP contribution in [-0.2, 0) is 4.79 Å². The molecule has 22 heavy (non-hydrogen) atoms. The normalized spacial score (nSPS) is 16.3. The van der Waals surface area contributed by atoms with E-state index in [-0.39, 0.29) is 18.2 Å². The summed E-state index contributed by atoms with van der Waals surface area (Å²) in [6, 6.07) is 5.18. The van der Waals surface area contributed by atoms with Gasteiger partial charge >= 0.3 is 0 Å². The zero-order chi connectivity index (χ0) is 16.2. The highest BCUT2D eigenvalue weighted by Crippen LogP contribution is 2.32. The van der Waals surface area contributed by atoms with Crippen LogP contribution in [-0.4, -0.2) is 29.1 Å². The molecule has 1 fully saturated rings. The number of carbonyl (C=O) groups is 2. The highest BCUT2D eigenvalue weighted by atomic mass is 16.3. The number of anilines is 1. The Morgan fingerprint density at radius 1 is 1.27 bits per heavy atom. The van der Waals surface area contributed by atoms with E-state index in [0.29, 0.717) is 30.6 Å². The second-order valence-corrected chi connectivity index (χ2v) is 6.05. The Kier molecular flexibility index (Phi) is 5.19. The first-order valence-electron chi connectivity index (χ1n) is 7.84. The number of carbonyl (C=O) groups excluding carboxylic acids is 2. The molecule has 1 aromatic rings.